The Kier molecular flexibility index (Phi) is 5.43. The summed E-state index contributed by atoms with van der Waals surface area (Å²) in [6.07, 6.45) is 8.12. The fourth-order valence-electron chi connectivity index (χ4n) is 2.62. The first kappa shape index (κ1) is 13.8. The minimum atomic E-state index is 0.573. The quantitative estimate of drug-likeness (QED) is 0.745. The molecule has 1 saturated carbocycles. The van der Waals surface area contributed by atoms with Gasteiger partial charge in [-0.15, -0.1) is 11.8 Å². The first-order chi connectivity index (χ1) is 8.78. The first-order valence-electron chi connectivity index (χ1n) is 7.31. The van der Waals surface area contributed by atoms with Crippen LogP contribution in [-0.4, -0.2) is 11.3 Å². The Bertz CT molecular complexity index is 341. The molecule has 1 aromatic rings. The number of nitrogens with one attached hydrogen (secondary N) is 1. The monoisotopic (exact) mass is 263 g/mol. The molecular formula is C16H25NS. The van der Waals surface area contributed by atoms with Crippen LogP contribution in [0.3, 0.4) is 0 Å². The Hall–Kier alpha value is -0.630. The Morgan fingerprint density at radius 2 is 1.89 bits per heavy atom. The third-order valence-corrected chi connectivity index (χ3v) is 4.94. The lowest BCUT2D eigenvalue weighted by Gasteiger charge is -2.15. The lowest BCUT2D eigenvalue weighted by atomic mass is 10.2. The van der Waals surface area contributed by atoms with Crippen LogP contribution in [0.15, 0.2) is 29.2 Å². The average Bonchev–Trinajstić information content (AvgIpc) is 2.85. The van der Waals surface area contributed by atoms with E-state index in [9.17, 15) is 0 Å². The molecule has 2 heteroatoms. The normalized spacial score (nSPS) is 17.9. The van der Waals surface area contributed by atoms with E-state index in [4.69, 9.17) is 0 Å². The van der Waals surface area contributed by atoms with Gasteiger partial charge in [-0.25, -0.2) is 0 Å². The standard InChI is InChI=1S/C16H25NS/c1-3-6-13(2)17-14-9-11-16(12-10-14)18-15-7-4-5-8-15/h9-13,15,17H,3-8H2,1-2H3. The molecule has 18 heavy (non-hydrogen) atoms. The van der Waals surface area contributed by atoms with Gasteiger partial charge in [0.1, 0.15) is 0 Å². The number of hydrogen-bond acceptors (Lipinski definition) is 2. The number of hydrogen-bond donors (Lipinski definition) is 1. The van der Waals surface area contributed by atoms with Crippen LogP contribution in [0.1, 0.15) is 52.4 Å². The van der Waals surface area contributed by atoms with Crippen LogP contribution in [0.4, 0.5) is 5.69 Å². The van der Waals surface area contributed by atoms with Gasteiger partial charge in [-0.1, -0.05) is 26.2 Å². The van der Waals surface area contributed by atoms with Crippen molar-refractivity contribution in [2.75, 3.05) is 5.32 Å². The fraction of sp³-hybridized carbons (Fsp3) is 0.625. The number of benzene rings is 1. The SMILES string of the molecule is CCCC(C)Nc1ccc(SC2CCCC2)cc1. The van der Waals surface area contributed by atoms with E-state index in [1.807, 2.05) is 0 Å². The summed E-state index contributed by atoms with van der Waals surface area (Å²) in [5, 5.41) is 4.42. The molecule has 100 valence electrons. The Labute approximate surface area is 116 Å². The topological polar surface area (TPSA) is 12.0 Å². The van der Waals surface area contributed by atoms with Crippen LogP contribution in [0.5, 0.6) is 0 Å². The summed E-state index contributed by atoms with van der Waals surface area (Å²) in [4.78, 5) is 1.43. The van der Waals surface area contributed by atoms with Crippen molar-refractivity contribution in [3.8, 4) is 0 Å². The minimum Gasteiger partial charge on any atom is -0.383 e. The molecule has 1 fully saturated rings. The van der Waals surface area contributed by atoms with Crippen LogP contribution in [-0.2, 0) is 0 Å². The third kappa shape index (κ3) is 4.24. The minimum absolute atomic E-state index is 0.573. The van der Waals surface area contributed by atoms with Crippen LogP contribution in [0.25, 0.3) is 0 Å². The van der Waals surface area contributed by atoms with Gasteiger partial charge in [0.25, 0.3) is 0 Å². The van der Waals surface area contributed by atoms with E-state index < -0.39 is 0 Å². The Morgan fingerprint density at radius 1 is 1.22 bits per heavy atom. The zero-order chi connectivity index (χ0) is 12.8. The molecular weight excluding hydrogens is 238 g/mol. The summed E-state index contributed by atoms with van der Waals surface area (Å²) in [5.41, 5.74) is 1.26. The van der Waals surface area contributed by atoms with E-state index in [2.05, 4.69) is 55.2 Å². The highest BCUT2D eigenvalue weighted by Gasteiger charge is 2.15. The molecule has 1 nitrogen and oxygen atoms in total. The van der Waals surface area contributed by atoms with Crippen LogP contribution >= 0.6 is 11.8 Å². The molecule has 1 aliphatic carbocycles. The van der Waals surface area contributed by atoms with Crippen LogP contribution in [0.2, 0.25) is 0 Å². The molecule has 0 aliphatic heterocycles. The molecule has 0 aromatic heterocycles. The van der Waals surface area contributed by atoms with Gasteiger partial charge in [-0.2, -0.15) is 0 Å². The molecule has 0 spiro atoms. The van der Waals surface area contributed by atoms with Crippen LogP contribution < -0.4 is 5.32 Å². The van der Waals surface area contributed by atoms with Gasteiger partial charge in [0.2, 0.25) is 0 Å². The molecule has 0 amide bonds. The van der Waals surface area contributed by atoms with E-state index in [-0.39, 0.29) is 0 Å². The molecule has 1 N–H and O–H groups in total. The molecule has 1 aromatic carbocycles. The molecule has 0 bridgehead atoms. The second-order valence-corrected chi connectivity index (χ2v) is 6.76. The molecule has 1 atom stereocenters. The van der Waals surface area contributed by atoms with E-state index in [0.29, 0.717) is 6.04 Å². The van der Waals surface area contributed by atoms with Crippen molar-refractivity contribution >= 4 is 17.4 Å². The van der Waals surface area contributed by atoms with Gasteiger partial charge < -0.3 is 5.32 Å². The number of anilines is 1. The molecule has 0 heterocycles. The predicted octanol–water partition coefficient (Wildman–Crippen LogP) is 5.32. The van der Waals surface area contributed by atoms with Crippen molar-refractivity contribution in [2.45, 2.75) is 68.6 Å². The largest absolute Gasteiger partial charge is 0.383 e. The van der Waals surface area contributed by atoms with E-state index in [1.54, 1.807) is 0 Å². The second kappa shape index (κ2) is 7.08. The van der Waals surface area contributed by atoms with Crippen molar-refractivity contribution in [3.05, 3.63) is 24.3 Å². The summed E-state index contributed by atoms with van der Waals surface area (Å²) >= 11 is 2.06. The summed E-state index contributed by atoms with van der Waals surface area (Å²) in [6.45, 7) is 4.49. The molecule has 0 saturated heterocycles. The number of thioether (sulfide) groups is 1. The molecule has 0 radical (unpaired) electrons. The summed E-state index contributed by atoms with van der Waals surface area (Å²) < 4.78 is 0. The first-order valence-corrected chi connectivity index (χ1v) is 8.19. The highest BCUT2D eigenvalue weighted by molar-refractivity contribution is 8.00. The lowest BCUT2D eigenvalue weighted by Crippen LogP contribution is -2.14. The maximum absolute atomic E-state index is 3.55. The smallest absolute Gasteiger partial charge is 0.0342 e. The highest BCUT2D eigenvalue weighted by atomic mass is 32.2. The maximum Gasteiger partial charge on any atom is 0.0342 e. The summed E-state index contributed by atoms with van der Waals surface area (Å²) in [5.74, 6) is 0. The average molecular weight is 263 g/mol. The van der Waals surface area contributed by atoms with Gasteiger partial charge in [-0.05, 0) is 50.5 Å². The summed E-state index contributed by atoms with van der Waals surface area (Å²) in [6, 6.07) is 9.56. The van der Waals surface area contributed by atoms with E-state index in [1.165, 1.54) is 49.1 Å². The lowest BCUT2D eigenvalue weighted by molar-refractivity contribution is 0.690. The van der Waals surface area contributed by atoms with Crippen molar-refractivity contribution in [3.63, 3.8) is 0 Å². The van der Waals surface area contributed by atoms with Gasteiger partial charge in [-0.3, -0.25) is 0 Å². The Morgan fingerprint density at radius 3 is 2.50 bits per heavy atom. The second-order valence-electron chi connectivity index (χ2n) is 5.38. The predicted molar refractivity (Wildman–Crippen MR) is 82.5 cm³/mol. The number of rotatable bonds is 6. The van der Waals surface area contributed by atoms with Crippen molar-refractivity contribution in [1.29, 1.82) is 0 Å². The van der Waals surface area contributed by atoms with Gasteiger partial charge >= 0.3 is 0 Å². The Balaban J connectivity index is 1.84. The molecule has 2 rings (SSSR count). The zero-order valence-corrected chi connectivity index (χ0v) is 12.4. The zero-order valence-electron chi connectivity index (χ0n) is 11.6. The maximum atomic E-state index is 3.55. The van der Waals surface area contributed by atoms with Crippen molar-refractivity contribution < 1.29 is 0 Å². The van der Waals surface area contributed by atoms with Crippen LogP contribution in [0, 0.1) is 0 Å². The van der Waals surface area contributed by atoms with Gasteiger partial charge in [0, 0.05) is 21.9 Å². The van der Waals surface area contributed by atoms with Gasteiger partial charge in [0.05, 0.1) is 0 Å². The fourth-order valence-corrected chi connectivity index (χ4v) is 3.87. The van der Waals surface area contributed by atoms with Crippen molar-refractivity contribution in [1.82, 2.24) is 0 Å². The third-order valence-electron chi connectivity index (χ3n) is 3.59. The van der Waals surface area contributed by atoms with Crippen molar-refractivity contribution in [2.24, 2.45) is 0 Å². The molecule has 1 aliphatic rings. The summed E-state index contributed by atoms with van der Waals surface area (Å²) in [7, 11) is 0. The highest BCUT2D eigenvalue weighted by Crippen LogP contribution is 2.34. The van der Waals surface area contributed by atoms with E-state index >= 15 is 0 Å². The molecule has 1 unspecified atom stereocenters. The van der Waals surface area contributed by atoms with Gasteiger partial charge in [0.15, 0.2) is 0 Å². The van der Waals surface area contributed by atoms with E-state index in [0.717, 1.165) is 5.25 Å².